The third kappa shape index (κ3) is 5.81. The maximum absolute atomic E-state index is 11.7. The number of hydrogen-bond donors (Lipinski definition) is 3. The predicted molar refractivity (Wildman–Crippen MR) is 73.6 cm³/mol. The van der Waals surface area contributed by atoms with Gasteiger partial charge in [0.1, 0.15) is 0 Å². The Bertz CT molecular complexity index is 557. The normalized spacial score (nSPS) is 10.8. The highest BCUT2D eigenvalue weighted by atomic mass is 32.2. The smallest absolute Gasteiger partial charge is 0.324 e. The molecule has 0 atom stereocenters. The Morgan fingerprint density at radius 1 is 1.10 bits per heavy atom. The van der Waals surface area contributed by atoms with Crippen molar-refractivity contribution in [1.29, 1.82) is 0 Å². The summed E-state index contributed by atoms with van der Waals surface area (Å²) < 4.78 is 23.4. The van der Waals surface area contributed by atoms with Crippen molar-refractivity contribution in [3.8, 4) is 0 Å². The van der Waals surface area contributed by atoms with E-state index in [-0.39, 0.29) is 5.75 Å². The van der Waals surface area contributed by atoms with Crippen molar-refractivity contribution in [3.63, 3.8) is 0 Å². The molecule has 0 aliphatic heterocycles. The molecule has 2 amide bonds. The van der Waals surface area contributed by atoms with Crippen LogP contribution in [0.15, 0.2) is 30.3 Å². The second kappa shape index (κ2) is 7.61. The zero-order chi connectivity index (χ0) is 15.0. The van der Waals surface area contributed by atoms with Gasteiger partial charge in [0.2, 0.25) is 10.0 Å². The number of rotatable bonds is 6. The topological polar surface area (TPSA) is 104 Å². The second-order valence-electron chi connectivity index (χ2n) is 4.06. The van der Waals surface area contributed by atoms with E-state index in [1.165, 1.54) is 0 Å². The summed E-state index contributed by atoms with van der Waals surface area (Å²) in [6.45, 7) is 2.18. The first-order valence-corrected chi connectivity index (χ1v) is 7.71. The number of carbonyl (C=O) groups excluding carboxylic acids is 2. The summed E-state index contributed by atoms with van der Waals surface area (Å²) >= 11 is 0. The van der Waals surface area contributed by atoms with Gasteiger partial charge in [-0.3, -0.25) is 15.0 Å². The SMILES string of the molecule is CCCNC(=O)C(=O)NNS(=O)(=O)Cc1ccccc1. The van der Waals surface area contributed by atoms with Gasteiger partial charge in [0, 0.05) is 6.54 Å². The minimum atomic E-state index is -3.75. The fourth-order valence-corrected chi connectivity index (χ4v) is 2.28. The summed E-state index contributed by atoms with van der Waals surface area (Å²) in [4.78, 5) is 24.4. The molecule has 0 radical (unpaired) electrons. The number of carbonyl (C=O) groups is 2. The van der Waals surface area contributed by atoms with Gasteiger partial charge < -0.3 is 5.32 Å². The monoisotopic (exact) mass is 299 g/mol. The summed E-state index contributed by atoms with van der Waals surface area (Å²) in [5.74, 6) is -2.21. The second-order valence-corrected chi connectivity index (χ2v) is 5.78. The minimum Gasteiger partial charge on any atom is -0.348 e. The molecule has 20 heavy (non-hydrogen) atoms. The van der Waals surface area contributed by atoms with E-state index in [1.807, 2.05) is 17.2 Å². The first kappa shape index (κ1) is 16.1. The quantitative estimate of drug-likeness (QED) is 0.494. The standard InChI is InChI=1S/C12H17N3O4S/c1-2-8-13-11(16)12(17)14-15-20(18,19)9-10-6-4-3-5-7-10/h3-7,15H,2,8-9H2,1H3,(H,13,16)(H,14,17). The van der Waals surface area contributed by atoms with Crippen molar-refractivity contribution in [3.05, 3.63) is 35.9 Å². The number of sulfonamides is 1. The third-order valence-corrected chi connectivity index (χ3v) is 3.39. The van der Waals surface area contributed by atoms with Crippen molar-refractivity contribution in [2.24, 2.45) is 0 Å². The van der Waals surface area contributed by atoms with Crippen molar-refractivity contribution in [1.82, 2.24) is 15.6 Å². The van der Waals surface area contributed by atoms with Crippen LogP contribution in [0.3, 0.4) is 0 Å². The Hall–Kier alpha value is -1.93. The molecule has 0 bridgehead atoms. The summed E-state index contributed by atoms with van der Waals surface area (Å²) in [5, 5.41) is 2.33. The van der Waals surface area contributed by atoms with Gasteiger partial charge in [-0.15, -0.1) is 4.83 Å². The zero-order valence-corrected chi connectivity index (χ0v) is 11.9. The lowest BCUT2D eigenvalue weighted by Crippen LogP contribution is -2.48. The lowest BCUT2D eigenvalue weighted by molar-refractivity contribution is -0.139. The number of hydrazine groups is 1. The Balaban J connectivity index is 2.47. The van der Waals surface area contributed by atoms with E-state index < -0.39 is 21.8 Å². The van der Waals surface area contributed by atoms with Gasteiger partial charge in [-0.05, 0) is 12.0 Å². The summed E-state index contributed by atoms with van der Waals surface area (Å²) in [7, 11) is -3.75. The van der Waals surface area contributed by atoms with E-state index in [0.717, 1.165) is 0 Å². The van der Waals surface area contributed by atoms with Crippen LogP contribution in [0.25, 0.3) is 0 Å². The molecular formula is C12H17N3O4S. The highest BCUT2D eigenvalue weighted by Gasteiger charge is 2.16. The lowest BCUT2D eigenvalue weighted by Gasteiger charge is -2.08. The van der Waals surface area contributed by atoms with Crippen molar-refractivity contribution in [2.45, 2.75) is 19.1 Å². The Morgan fingerprint density at radius 2 is 1.75 bits per heavy atom. The van der Waals surface area contributed by atoms with Crippen LogP contribution >= 0.6 is 0 Å². The Morgan fingerprint density at radius 3 is 2.35 bits per heavy atom. The lowest BCUT2D eigenvalue weighted by atomic mass is 10.2. The highest BCUT2D eigenvalue weighted by molar-refractivity contribution is 7.88. The molecule has 0 aromatic heterocycles. The van der Waals surface area contributed by atoms with Crippen LogP contribution in [-0.4, -0.2) is 26.8 Å². The Kier molecular flexibility index (Phi) is 6.13. The van der Waals surface area contributed by atoms with Crippen molar-refractivity contribution < 1.29 is 18.0 Å². The van der Waals surface area contributed by atoms with Gasteiger partial charge in [0.15, 0.2) is 0 Å². The molecule has 0 fully saturated rings. The van der Waals surface area contributed by atoms with Crippen LogP contribution in [0.2, 0.25) is 0 Å². The molecule has 0 aliphatic carbocycles. The molecule has 7 nitrogen and oxygen atoms in total. The molecule has 3 N–H and O–H groups in total. The molecule has 1 rings (SSSR count). The van der Waals surface area contributed by atoms with Gasteiger partial charge in [0.05, 0.1) is 5.75 Å². The van der Waals surface area contributed by atoms with Gasteiger partial charge in [-0.25, -0.2) is 8.42 Å². The highest BCUT2D eigenvalue weighted by Crippen LogP contribution is 2.02. The Labute approximate surface area is 117 Å². The fourth-order valence-electron chi connectivity index (χ4n) is 1.33. The van der Waals surface area contributed by atoms with Gasteiger partial charge in [0.25, 0.3) is 0 Å². The van der Waals surface area contributed by atoms with E-state index in [2.05, 4.69) is 5.32 Å². The van der Waals surface area contributed by atoms with Crippen LogP contribution in [0.4, 0.5) is 0 Å². The van der Waals surface area contributed by atoms with E-state index in [4.69, 9.17) is 0 Å². The van der Waals surface area contributed by atoms with Gasteiger partial charge >= 0.3 is 11.8 Å². The largest absolute Gasteiger partial charge is 0.348 e. The summed E-state index contributed by atoms with van der Waals surface area (Å²) in [5.41, 5.74) is 2.44. The molecular weight excluding hydrogens is 282 g/mol. The first-order valence-electron chi connectivity index (χ1n) is 6.06. The zero-order valence-electron chi connectivity index (χ0n) is 11.0. The number of benzene rings is 1. The minimum absolute atomic E-state index is 0.287. The number of hydrogen-bond acceptors (Lipinski definition) is 4. The maximum atomic E-state index is 11.7. The van der Waals surface area contributed by atoms with E-state index >= 15 is 0 Å². The van der Waals surface area contributed by atoms with Gasteiger partial charge in [-0.2, -0.15) is 0 Å². The van der Waals surface area contributed by atoms with Crippen LogP contribution in [0.1, 0.15) is 18.9 Å². The molecule has 0 spiro atoms. The number of amides is 2. The first-order chi connectivity index (χ1) is 9.44. The molecule has 0 saturated carbocycles. The van der Waals surface area contributed by atoms with E-state index in [9.17, 15) is 18.0 Å². The summed E-state index contributed by atoms with van der Waals surface area (Å²) in [6, 6.07) is 8.48. The molecule has 8 heteroatoms. The van der Waals surface area contributed by atoms with Crippen molar-refractivity contribution >= 4 is 21.8 Å². The molecule has 110 valence electrons. The molecule has 1 aromatic rings. The molecule has 0 aliphatic rings. The van der Waals surface area contributed by atoms with Crippen LogP contribution in [-0.2, 0) is 25.4 Å². The average Bonchev–Trinajstić information content (AvgIpc) is 2.42. The molecule has 0 unspecified atom stereocenters. The number of nitrogens with one attached hydrogen (secondary N) is 3. The van der Waals surface area contributed by atoms with Crippen LogP contribution < -0.4 is 15.6 Å². The molecule has 1 aromatic carbocycles. The predicted octanol–water partition coefficient (Wildman–Crippen LogP) is -0.337. The van der Waals surface area contributed by atoms with Crippen LogP contribution in [0.5, 0.6) is 0 Å². The van der Waals surface area contributed by atoms with E-state index in [0.29, 0.717) is 18.5 Å². The van der Waals surface area contributed by atoms with Gasteiger partial charge in [-0.1, -0.05) is 37.3 Å². The summed E-state index contributed by atoms with van der Waals surface area (Å²) in [6.07, 6.45) is 0.679. The van der Waals surface area contributed by atoms with Crippen molar-refractivity contribution in [2.75, 3.05) is 6.54 Å². The molecule has 0 heterocycles. The third-order valence-electron chi connectivity index (χ3n) is 2.26. The fraction of sp³-hybridized carbons (Fsp3) is 0.333. The average molecular weight is 299 g/mol. The maximum Gasteiger partial charge on any atom is 0.324 e. The molecule has 0 saturated heterocycles. The van der Waals surface area contributed by atoms with Crippen LogP contribution in [0, 0.1) is 0 Å². The van der Waals surface area contributed by atoms with E-state index in [1.54, 1.807) is 30.3 Å².